The van der Waals surface area contributed by atoms with Gasteiger partial charge in [-0.1, -0.05) is 0 Å². The van der Waals surface area contributed by atoms with Crippen LogP contribution in [0.3, 0.4) is 0 Å². The Morgan fingerprint density at radius 3 is 2.47 bits per heavy atom. The van der Waals surface area contributed by atoms with Crippen LogP contribution in [0.1, 0.15) is 19.8 Å². The fourth-order valence-corrected chi connectivity index (χ4v) is 0.813. The van der Waals surface area contributed by atoms with Crippen LogP contribution in [0.15, 0.2) is 0 Å². The highest BCUT2D eigenvalue weighted by molar-refractivity contribution is 5.83. The molecule has 0 aromatic carbocycles. The number of primary amides is 1. The third kappa shape index (κ3) is 10.5. The van der Waals surface area contributed by atoms with E-state index in [2.05, 4.69) is 5.32 Å². The number of ketones is 1. The molecule has 0 aliphatic rings. The summed E-state index contributed by atoms with van der Waals surface area (Å²) in [5.74, 6) is -0.763. The van der Waals surface area contributed by atoms with E-state index >= 15 is 0 Å². The van der Waals surface area contributed by atoms with E-state index < -0.39 is 5.91 Å². The highest BCUT2D eigenvalue weighted by Crippen LogP contribution is 1.89. The van der Waals surface area contributed by atoms with Gasteiger partial charge in [0, 0.05) is 19.4 Å². The van der Waals surface area contributed by atoms with Crippen LogP contribution >= 0.6 is 0 Å². The Hall–Kier alpha value is -1.43. The summed E-state index contributed by atoms with van der Waals surface area (Å²) in [5, 5.41) is 2.54. The number of ether oxygens (including phenoxy) is 1. The molecule has 0 fully saturated rings. The van der Waals surface area contributed by atoms with E-state index in [1.807, 2.05) is 0 Å². The predicted octanol–water partition coefficient (Wildman–Crippen LogP) is -1.03. The summed E-state index contributed by atoms with van der Waals surface area (Å²) in [6.45, 7) is 1.82. The van der Waals surface area contributed by atoms with Gasteiger partial charge in [0.15, 0.2) is 0 Å². The number of Topliss-reactive ketones (excluding diaryl/α,β-unsaturated/α-hetero) is 1. The first-order valence-corrected chi connectivity index (χ1v) is 4.64. The van der Waals surface area contributed by atoms with Crippen LogP contribution in [0, 0.1) is 0 Å². The number of nitrogens with one attached hydrogen (secondary N) is 1. The molecule has 0 aromatic rings. The Balaban J connectivity index is 3.31. The maximum atomic E-state index is 11.0. The molecule has 0 rings (SSSR count). The minimum atomic E-state index is -0.544. The van der Waals surface area contributed by atoms with Crippen LogP contribution in [-0.2, 0) is 19.1 Å². The van der Waals surface area contributed by atoms with Crippen molar-refractivity contribution in [1.82, 2.24) is 5.32 Å². The second-order valence-electron chi connectivity index (χ2n) is 3.07. The van der Waals surface area contributed by atoms with Gasteiger partial charge in [0.1, 0.15) is 12.4 Å². The van der Waals surface area contributed by atoms with Crippen LogP contribution in [-0.4, -0.2) is 37.4 Å². The van der Waals surface area contributed by atoms with Crippen molar-refractivity contribution >= 4 is 17.6 Å². The Labute approximate surface area is 88.1 Å². The summed E-state index contributed by atoms with van der Waals surface area (Å²) in [6, 6.07) is 0. The first kappa shape index (κ1) is 13.6. The smallest absolute Gasteiger partial charge is 0.243 e. The third-order valence-corrected chi connectivity index (χ3v) is 1.52. The van der Waals surface area contributed by atoms with Crippen molar-refractivity contribution in [2.75, 3.05) is 19.8 Å². The van der Waals surface area contributed by atoms with Crippen molar-refractivity contribution in [3.63, 3.8) is 0 Å². The normalized spacial score (nSPS) is 9.67. The van der Waals surface area contributed by atoms with Gasteiger partial charge < -0.3 is 20.6 Å². The minimum absolute atomic E-state index is 0.0184. The largest absolute Gasteiger partial charge is 0.370 e. The van der Waals surface area contributed by atoms with Gasteiger partial charge in [-0.25, -0.2) is 0 Å². The Morgan fingerprint density at radius 1 is 1.27 bits per heavy atom. The van der Waals surface area contributed by atoms with E-state index in [1.165, 1.54) is 6.92 Å². The molecule has 15 heavy (non-hydrogen) atoms. The molecule has 0 spiro atoms. The van der Waals surface area contributed by atoms with Crippen molar-refractivity contribution in [2.45, 2.75) is 19.8 Å². The van der Waals surface area contributed by atoms with E-state index in [9.17, 15) is 14.4 Å². The van der Waals surface area contributed by atoms with Crippen molar-refractivity contribution < 1.29 is 19.1 Å². The molecule has 6 heteroatoms. The third-order valence-electron chi connectivity index (χ3n) is 1.52. The zero-order valence-electron chi connectivity index (χ0n) is 8.75. The minimum Gasteiger partial charge on any atom is -0.370 e. The van der Waals surface area contributed by atoms with Gasteiger partial charge in [0.2, 0.25) is 11.8 Å². The number of carbonyl (C=O) groups excluding carboxylic acids is 3. The summed E-state index contributed by atoms with van der Waals surface area (Å²) in [4.78, 5) is 31.8. The van der Waals surface area contributed by atoms with Gasteiger partial charge in [0.05, 0.1) is 6.61 Å². The Kier molecular flexibility index (Phi) is 7.17. The maximum absolute atomic E-state index is 11.0. The molecule has 6 nitrogen and oxygen atoms in total. The van der Waals surface area contributed by atoms with E-state index in [4.69, 9.17) is 10.5 Å². The molecule has 0 aromatic heterocycles. The molecule has 0 saturated heterocycles. The standard InChI is InChI=1S/C9H16N2O4/c1-7(12)2-3-9(14)11-4-5-15-6-8(10)13/h2-6H2,1H3,(H2,10,13)(H,11,14). The highest BCUT2D eigenvalue weighted by atomic mass is 16.5. The lowest BCUT2D eigenvalue weighted by Crippen LogP contribution is -2.28. The number of hydrogen-bond acceptors (Lipinski definition) is 4. The molecular weight excluding hydrogens is 200 g/mol. The average Bonchev–Trinajstić information content (AvgIpc) is 2.13. The Morgan fingerprint density at radius 2 is 1.93 bits per heavy atom. The topological polar surface area (TPSA) is 98.5 Å². The fourth-order valence-electron chi connectivity index (χ4n) is 0.813. The summed E-state index contributed by atoms with van der Waals surface area (Å²) in [5.41, 5.74) is 4.83. The zero-order chi connectivity index (χ0) is 11.7. The summed E-state index contributed by atoms with van der Waals surface area (Å²) >= 11 is 0. The lowest BCUT2D eigenvalue weighted by atomic mass is 10.2. The number of hydrogen-bond donors (Lipinski definition) is 2. The zero-order valence-corrected chi connectivity index (χ0v) is 8.75. The summed E-state index contributed by atoms with van der Waals surface area (Å²) in [7, 11) is 0. The lowest BCUT2D eigenvalue weighted by Gasteiger charge is -2.04. The van der Waals surface area contributed by atoms with Gasteiger partial charge >= 0.3 is 0 Å². The molecule has 2 amide bonds. The van der Waals surface area contributed by atoms with Gasteiger partial charge in [-0.05, 0) is 6.92 Å². The monoisotopic (exact) mass is 216 g/mol. The van der Waals surface area contributed by atoms with Crippen molar-refractivity contribution in [1.29, 1.82) is 0 Å². The summed E-state index contributed by atoms with van der Waals surface area (Å²) in [6.07, 6.45) is 0.430. The van der Waals surface area contributed by atoms with Crippen LogP contribution in [0.5, 0.6) is 0 Å². The molecule has 0 radical (unpaired) electrons. The van der Waals surface area contributed by atoms with Crippen molar-refractivity contribution in [3.8, 4) is 0 Å². The van der Waals surface area contributed by atoms with Crippen LogP contribution in [0.4, 0.5) is 0 Å². The predicted molar refractivity (Wildman–Crippen MR) is 52.9 cm³/mol. The number of amides is 2. The molecule has 0 heterocycles. The van der Waals surface area contributed by atoms with E-state index in [-0.39, 0.29) is 37.7 Å². The molecule has 0 unspecified atom stereocenters. The van der Waals surface area contributed by atoms with Gasteiger partial charge in [-0.3, -0.25) is 9.59 Å². The first-order chi connectivity index (χ1) is 7.02. The quantitative estimate of drug-likeness (QED) is 0.507. The van der Waals surface area contributed by atoms with Gasteiger partial charge in [-0.15, -0.1) is 0 Å². The van der Waals surface area contributed by atoms with E-state index in [0.717, 1.165) is 0 Å². The second kappa shape index (κ2) is 7.93. The molecule has 86 valence electrons. The Bertz CT molecular complexity index is 240. The van der Waals surface area contributed by atoms with Gasteiger partial charge in [0.25, 0.3) is 0 Å². The summed E-state index contributed by atoms with van der Waals surface area (Å²) < 4.78 is 4.81. The molecule has 0 aliphatic heterocycles. The second-order valence-corrected chi connectivity index (χ2v) is 3.07. The molecular formula is C9H16N2O4. The van der Waals surface area contributed by atoms with Crippen molar-refractivity contribution in [3.05, 3.63) is 0 Å². The fraction of sp³-hybridized carbons (Fsp3) is 0.667. The molecule has 0 aliphatic carbocycles. The molecule has 0 bridgehead atoms. The molecule has 3 N–H and O–H groups in total. The lowest BCUT2D eigenvalue weighted by molar-refractivity contribution is -0.125. The van der Waals surface area contributed by atoms with Crippen molar-refractivity contribution in [2.24, 2.45) is 5.73 Å². The number of rotatable bonds is 8. The SMILES string of the molecule is CC(=O)CCC(=O)NCCOCC(N)=O. The number of carbonyl (C=O) groups is 3. The average molecular weight is 216 g/mol. The van der Waals surface area contributed by atoms with Crippen LogP contribution in [0.2, 0.25) is 0 Å². The highest BCUT2D eigenvalue weighted by Gasteiger charge is 2.02. The molecule has 0 saturated carbocycles. The van der Waals surface area contributed by atoms with E-state index in [0.29, 0.717) is 6.54 Å². The maximum Gasteiger partial charge on any atom is 0.243 e. The van der Waals surface area contributed by atoms with Crippen LogP contribution < -0.4 is 11.1 Å². The van der Waals surface area contributed by atoms with Crippen LogP contribution in [0.25, 0.3) is 0 Å². The number of nitrogens with two attached hydrogens (primary N) is 1. The van der Waals surface area contributed by atoms with Gasteiger partial charge in [-0.2, -0.15) is 0 Å². The molecule has 0 atom stereocenters. The van der Waals surface area contributed by atoms with E-state index in [1.54, 1.807) is 0 Å². The first-order valence-electron chi connectivity index (χ1n) is 4.64.